The number of nitrogens with zero attached hydrogens (tertiary/aromatic N) is 2. The number of aryl methyl sites for hydroxylation is 2. The lowest BCUT2D eigenvalue weighted by Gasteiger charge is -2.15. The van der Waals surface area contributed by atoms with Crippen LogP contribution in [0.3, 0.4) is 0 Å². The predicted octanol–water partition coefficient (Wildman–Crippen LogP) is 2.99. The number of hydrogen-bond acceptors (Lipinski definition) is 4. The highest BCUT2D eigenvalue weighted by molar-refractivity contribution is 6.30. The Kier molecular flexibility index (Phi) is 4.75. The maximum atomic E-state index is 6.21. The molecule has 1 atom stereocenters. The van der Waals surface area contributed by atoms with Crippen molar-refractivity contribution < 1.29 is 9.47 Å². The van der Waals surface area contributed by atoms with Gasteiger partial charge in [-0.05, 0) is 19.9 Å². The Morgan fingerprint density at radius 1 is 1.43 bits per heavy atom. The molecule has 21 heavy (non-hydrogen) atoms. The summed E-state index contributed by atoms with van der Waals surface area (Å²) in [4.78, 5) is 0. The fourth-order valence-electron chi connectivity index (χ4n) is 2.13. The van der Waals surface area contributed by atoms with Crippen molar-refractivity contribution in [1.82, 2.24) is 9.78 Å². The molecule has 0 spiro atoms. The van der Waals surface area contributed by atoms with Crippen molar-refractivity contribution in [3.05, 3.63) is 40.2 Å². The fraction of sp³-hybridized carbons (Fsp3) is 0.400. The highest BCUT2D eigenvalue weighted by atomic mass is 35.5. The third-order valence-electron chi connectivity index (χ3n) is 3.35. The van der Waals surface area contributed by atoms with Crippen molar-refractivity contribution >= 4 is 11.6 Å². The molecule has 1 heterocycles. The molecule has 0 aliphatic heterocycles. The zero-order valence-corrected chi connectivity index (χ0v) is 13.4. The Bertz CT molecular complexity index is 638. The molecule has 0 amide bonds. The van der Waals surface area contributed by atoms with Gasteiger partial charge in [-0.2, -0.15) is 5.10 Å². The Hall–Kier alpha value is -1.72. The lowest BCUT2D eigenvalue weighted by molar-refractivity contribution is 0.298. The molecule has 0 saturated heterocycles. The molecule has 114 valence electrons. The quantitative estimate of drug-likeness (QED) is 0.922. The number of aromatic nitrogens is 2. The molecule has 2 aromatic rings. The monoisotopic (exact) mass is 309 g/mol. The van der Waals surface area contributed by atoms with Crippen LogP contribution in [-0.2, 0) is 13.7 Å². The second kappa shape index (κ2) is 6.37. The summed E-state index contributed by atoms with van der Waals surface area (Å²) in [7, 11) is 3.42. The number of halogens is 1. The molecule has 0 aliphatic carbocycles. The Morgan fingerprint density at radius 2 is 2.14 bits per heavy atom. The molecular weight excluding hydrogens is 290 g/mol. The molecule has 0 unspecified atom stereocenters. The van der Waals surface area contributed by atoms with Crippen LogP contribution in [0.4, 0.5) is 0 Å². The minimum atomic E-state index is -0.128. The number of nitrogens with two attached hydrogens (primary N) is 1. The molecule has 6 heteroatoms. The number of rotatable bonds is 5. The van der Waals surface area contributed by atoms with E-state index in [0.29, 0.717) is 17.5 Å². The van der Waals surface area contributed by atoms with Crippen molar-refractivity contribution in [2.75, 3.05) is 7.11 Å². The van der Waals surface area contributed by atoms with Gasteiger partial charge in [0, 0.05) is 30.3 Å². The summed E-state index contributed by atoms with van der Waals surface area (Å²) >= 11 is 6.21. The van der Waals surface area contributed by atoms with Crippen molar-refractivity contribution in [2.45, 2.75) is 26.5 Å². The van der Waals surface area contributed by atoms with Gasteiger partial charge < -0.3 is 15.2 Å². The molecule has 0 aliphatic rings. The summed E-state index contributed by atoms with van der Waals surface area (Å²) in [6, 6.07) is 5.49. The molecule has 0 fully saturated rings. The minimum Gasteiger partial charge on any atom is -0.497 e. The van der Waals surface area contributed by atoms with Crippen molar-refractivity contribution in [3.8, 4) is 11.5 Å². The van der Waals surface area contributed by atoms with Crippen LogP contribution in [0.2, 0.25) is 5.15 Å². The summed E-state index contributed by atoms with van der Waals surface area (Å²) in [5.74, 6) is 1.42. The summed E-state index contributed by atoms with van der Waals surface area (Å²) < 4.78 is 12.8. The van der Waals surface area contributed by atoms with Gasteiger partial charge in [0.15, 0.2) is 0 Å². The van der Waals surface area contributed by atoms with Gasteiger partial charge in [-0.3, -0.25) is 4.68 Å². The average Bonchev–Trinajstić information content (AvgIpc) is 2.69. The molecule has 0 bridgehead atoms. The van der Waals surface area contributed by atoms with E-state index < -0.39 is 0 Å². The number of methoxy groups -OCH3 is 1. The number of ether oxygens (including phenoxy) is 2. The van der Waals surface area contributed by atoms with Crippen LogP contribution >= 0.6 is 11.6 Å². The maximum absolute atomic E-state index is 6.21. The summed E-state index contributed by atoms with van der Waals surface area (Å²) in [5, 5.41) is 4.85. The summed E-state index contributed by atoms with van der Waals surface area (Å²) in [5.41, 5.74) is 8.63. The standard InChI is InChI=1S/C15H20ClN3O2/c1-9(17)12-6-5-11(20-4)7-14(12)21-8-13-10(2)18-19(3)15(13)16/h5-7,9H,8,17H2,1-4H3/t9-/m0/s1. The molecule has 2 rings (SSSR count). The Balaban J connectivity index is 2.26. The summed E-state index contributed by atoms with van der Waals surface area (Å²) in [6.45, 7) is 4.16. The zero-order valence-electron chi connectivity index (χ0n) is 12.7. The second-order valence-electron chi connectivity index (χ2n) is 4.96. The minimum absolute atomic E-state index is 0.128. The van der Waals surface area contributed by atoms with Crippen molar-refractivity contribution in [2.24, 2.45) is 12.8 Å². The van der Waals surface area contributed by atoms with Gasteiger partial charge in [-0.25, -0.2) is 0 Å². The van der Waals surface area contributed by atoms with Gasteiger partial charge in [0.05, 0.1) is 12.8 Å². The molecule has 5 nitrogen and oxygen atoms in total. The normalized spacial score (nSPS) is 12.3. The van der Waals surface area contributed by atoms with E-state index in [1.165, 1.54) is 0 Å². The molecule has 2 N–H and O–H groups in total. The van der Waals surface area contributed by atoms with Gasteiger partial charge >= 0.3 is 0 Å². The molecule has 1 aromatic heterocycles. The van der Waals surface area contributed by atoms with Crippen LogP contribution in [0.15, 0.2) is 18.2 Å². The smallest absolute Gasteiger partial charge is 0.133 e. The Morgan fingerprint density at radius 3 is 2.67 bits per heavy atom. The van der Waals surface area contributed by atoms with E-state index in [1.807, 2.05) is 32.0 Å². The van der Waals surface area contributed by atoms with Crippen LogP contribution < -0.4 is 15.2 Å². The highest BCUT2D eigenvalue weighted by Crippen LogP contribution is 2.30. The highest BCUT2D eigenvalue weighted by Gasteiger charge is 2.14. The van der Waals surface area contributed by atoms with E-state index in [9.17, 15) is 0 Å². The van der Waals surface area contributed by atoms with Crippen LogP contribution in [0.25, 0.3) is 0 Å². The first-order chi connectivity index (χ1) is 9.93. The fourth-order valence-corrected chi connectivity index (χ4v) is 2.36. The van der Waals surface area contributed by atoms with Crippen LogP contribution in [0.1, 0.15) is 29.8 Å². The van der Waals surface area contributed by atoms with Crippen molar-refractivity contribution in [3.63, 3.8) is 0 Å². The lowest BCUT2D eigenvalue weighted by Crippen LogP contribution is -2.08. The van der Waals surface area contributed by atoms with Crippen molar-refractivity contribution in [1.29, 1.82) is 0 Å². The van der Waals surface area contributed by atoms with E-state index in [4.69, 9.17) is 26.8 Å². The Labute approximate surface area is 129 Å². The molecule has 0 saturated carbocycles. The van der Waals surface area contributed by atoms with Crippen LogP contribution in [-0.4, -0.2) is 16.9 Å². The lowest BCUT2D eigenvalue weighted by atomic mass is 10.1. The second-order valence-corrected chi connectivity index (χ2v) is 5.32. The first kappa shape index (κ1) is 15.7. The SMILES string of the molecule is COc1ccc([C@H](C)N)c(OCc2c(C)nn(C)c2Cl)c1. The topological polar surface area (TPSA) is 62.3 Å². The van der Waals surface area contributed by atoms with E-state index in [1.54, 1.807) is 18.8 Å². The van der Waals surface area contributed by atoms with E-state index in [-0.39, 0.29) is 6.04 Å². The first-order valence-corrected chi connectivity index (χ1v) is 7.06. The molecule has 0 radical (unpaired) electrons. The first-order valence-electron chi connectivity index (χ1n) is 6.68. The maximum Gasteiger partial charge on any atom is 0.133 e. The summed E-state index contributed by atoms with van der Waals surface area (Å²) in [6.07, 6.45) is 0. The molecule has 1 aromatic carbocycles. The van der Waals surface area contributed by atoms with Crippen LogP contribution in [0, 0.1) is 6.92 Å². The van der Waals surface area contributed by atoms with E-state index in [2.05, 4.69) is 5.10 Å². The van der Waals surface area contributed by atoms with E-state index in [0.717, 1.165) is 22.6 Å². The third-order valence-corrected chi connectivity index (χ3v) is 3.83. The van der Waals surface area contributed by atoms with Gasteiger partial charge in [0.2, 0.25) is 0 Å². The third kappa shape index (κ3) is 3.31. The van der Waals surface area contributed by atoms with Gasteiger partial charge in [0.1, 0.15) is 23.3 Å². The van der Waals surface area contributed by atoms with Gasteiger partial charge in [-0.1, -0.05) is 17.7 Å². The molecular formula is C15H20ClN3O2. The predicted molar refractivity (Wildman–Crippen MR) is 82.9 cm³/mol. The average molecular weight is 310 g/mol. The number of hydrogen-bond donors (Lipinski definition) is 1. The van der Waals surface area contributed by atoms with E-state index >= 15 is 0 Å². The van der Waals surface area contributed by atoms with Crippen LogP contribution in [0.5, 0.6) is 11.5 Å². The van der Waals surface area contributed by atoms with Gasteiger partial charge in [0.25, 0.3) is 0 Å². The number of benzene rings is 1. The van der Waals surface area contributed by atoms with Gasteiger partial charge in [-0.15, -0.1) is 0 Å². The zero-order chi connectivity index (χ0) is 15.6. The largest absolute Gasteiger partial charge is 0.497 e.